The first kappa shape index (κ1) is 18.5. The number of para-hydroxylation sites is 1. The van der Waals surface area contributed by atoms with E-state index in [1.807, 2.05) is 25.1 Å². The topological polar surface area (TPSA) is 58.2 Å². The van der Waals surface area contributed by atoms with E-state index in [9.17, 15) is 9.59 Å². The number of hydrogen-bond donors (Lipinski definition) is 2. The molecule has 4 nitrogen and oxygen atoms in total. The highest BCUT2D eigenvalue weighted by Crippen LogP contribution is 2.47. The molecule has 0 aromatic heterocycles. The van der Waals surface area contributed by atoms with Gasteiger partial charge in [0.1, 0.15) is 5.41 Å². The quantitative estimate of drug-likeness (QED) is 0.742. The molecule has 24 heavy (non-hydrogen) atoms. The third-order valence-corrected chi connectivity index (χ3v) is 4.79. The summed E-state index contributed by atoms with van der Waals surface area (Å²) in [6.45, 7) is 11.1. The molecule has 2 amide bonds. The van der Waals surface area contributed by atoms with Crippen molar-refractivity contribution in [1.82, 2.24) is 5.32 Å². The summed E-state index contributed by atoms with van der Waals surface area (Å²) >= 11 is 0. The Hall–Kier alpha value is -1.84. The first-order valence-electron chi connectivity index (χ1n) is 8.97. The van der Waals surface area contributed by atoms with E-state index in [1.165, 1.54) is 0 Å². The molecule has 2 rings (SSSR count). The van der Waals surface area contributed by atoms with Crippen molar-refractivity contribution in [2.45, 2.75) is 59.8 Å². The maximum Gasteiger partial charge on any atom is 0.240 e. The van der Waals surface area contributed by atoms with Crippen LogP contribution in [0.1, 0.15) is 64.0 Å². The Kier molecular flexibility index (Phi) is 5.68. The standard InChI is InChI=1S/C20H30N2O2/c1-13(2)9-12-21-18(23)20(10-11-20)19(24)22-17-15(5)7-6-8-16(17)14(3)4/h6-8,13-14H,9-12H2,1-5H3,(H,21,23)(H,22,24). The van der Waals surface area contributed by atoms with E-state index in [1.54, 1.807) is 0 Å². The normalized spacial score (nSPS) is 15.5. The Labute approximate surface area is 145 Å². The summed E-state index contributed by atoms with van der Waals surface area (Å²) in [4.78, 5) is 25.3. The van der Waals surface area contributed by atoms with Gasteiger partial charge in [0.2, 0.25) is 11.8 Å². The summed E-state index contributed by atoms with van der Waals surface area (Å²) in [6.07, 6.45) is 2.20. The summed E-state index contributed by atoms with van der Waals surface area (Å²) in [6, 6.07) is 6.03. The van der Waals surface area contributed by atoms with Gasteiger partial charge in [-0.05, 0) is 49.1 Å². The average molecular weight is 330 g/mol. The van der Waals surface area contributed by atoms with E-state index in [4.69, 9.17) is 0 Å². The van der Waals surface area contributed by atoms with Crippen molar-refractivity contribution in [3.05, 3.63) is 29.3 Å². The van der Waals surface area contributed by atoms with Crippen LogP contribution in [-0.2, 0) is 9.59 Å². The van der Waals surface area contributed by atoms with Crippen molar-refractivity contribution in [3.63, 3.8) is 0 Å². The van der Waals surface area contributed by atoms with E-state index in [0.717, 1.165) is 23.2 Å². The number of hydrogen-bond acceptors (Lipinski definition) is 2. The van der Waals surface area contributed by atoms with Gasteiger partial charge in [-0.25, -0.2) is 0 Å². The van der Waals surface area contributed by atoms with Crippen LogP contribution in [0.15, 0.2) is 18.2 Å². The van der Waals surface area contributed by atoms with Gasteiger partial charge >= 0.3 is 0 Å². The maximum absolute atomic E-state index is 12.8. The van der Waals surface area contributed by atoms with Crippen LogP contribution in [0.5, 0.6) is 0 Å². The molecule has 0 unspecified atom stereocenters. The fourth-order valence-corrected chi connectivity index (χ4v) is 2.90. The first-order chi connectivity index (χ1) is 11.3. The highest BCUT2D eigenvalue weighted by atomic mass is 16.2. The second kappa shape index (κ2) is 7.37. The van der Waals surface area contributed by atoms with Gasteiger partial charge in [-0.2, -0.15) is 0 Å². The van der Waals surface area contributed by atoms with Crippen molar-refractivity contribution < 1.29 is 9.59 Å². The van der Waals surface area contributed by atoms with Crippen LogP contribution in [-0.4, -0.2) is 18.4 Å². The van der Waals surface area contributed by atoms with Gasteiger partial charge in [-0.1, -0.05) is 45.9 Å². The van der Waals surface area contributed by atoms with Gasteiger partial charge in [0.25, 0.3) is 0 Å². The van der Waals surface area contributed by atoms with Crippen LogP contribution in [0.25, 0.3) is 0 Å². The molecule has 1 aliphatic carbocycles. The molecule has 2 N–H and O–H groups in total. The number of benzene rings is 1. The molecule has 0 aliphatic heterocycles. The van der Waals surface area contributed by atoms with Gasteiger partial charge in [0, 0.05) is 12.2 Å². The van der Waals surface area contributed by atoms with Crippen molar-refractivity contribution >= 4 is 17.5 Å². The zero-order valence-corrected chi connectivity index (χ0v) is 15.5. The molecule has 0 radical (unpaired) electrons. The Morgan fingerprint density at radius 1 is 1.12 bits per heavy atom. The first-order valence-corrected chi connectivity index (χ1v) is 8.97. The summed E-state index contributed by atoms with van der Waals surface area (Å²) in [5.74, 6) is 0.561. The van der Waals surface area contributed by atoms with Crippen molar-refractivity contribution in [3.8, 4) is 0 Å². The van der Waals surface area contributed by atoms with Gasteiger partial charge in [-0.3, -0.25) is 9.59 Å². The third kappa shape index (κ3) is 3.97. The van der Waals surface area contributed by atoms with Gasteiger partial charge in [0.15, 0.2) is 0 Å². The molecule has 0 atom stereocenters. The molecule has 132 valence electrons. The highest BCUT2D eigenvalue weighted by Gasteiger charge is 2.56. The van der Waals surface area contributed by atoms with Crippen LogP contribution in [0.2, 0.25) is 0 Å². The molecule has 1 fully saturated rings. The summed E-state index contributed by atoms with van der Waals surface area (Å²) in [5, 5.41) is 5.98. The van der Waals surface area contributed by atoms with Crippen molar-refractivity contribution in [1.29, 1.82) is 0 Å². The highest BCUT2D eigenvalue weighted by molar-refractivity contribution is 6.13. The molecule has 1 aromatic carbocycles. The second-order valence-corrected chi connectivity index (χ2v) is 7.67. The van der Waals surface area contributed by atoms with Crippen LogP contribution in [0.3, 0.4) is 0 Å². The average Bonchev–Trinajstić information content (AvgIpc) is 3.30. The predicted molar refractivity (Wildman–Crippen MR) is 98.0 cm³/mol. The lowest BCUT2D eigenvalue weighted by molar-refractivity contribution is -0.134. The second-order valence-electron chi connectivity index (χ2n) is 7.67. The molecule has 1 aromatic rings. The lowest BCUT2D eigenvalue weighted by Gasteiger charge is -2.20. The smallest absolute Gasteiger partial charge is 0.240 e. The molecular formula is C20H30N2O2. The van der Waals surface area contributed by atoms with E-state index < -0.39 is 5.41 Å². The number of aryl methyl sites for hydroxylation is 1. The van der Waals surface area contributed by atoms with E-state index in [-0.39, 0.29) is 11.8 Å². The van der Waals surface area contributed by atoms with Crippen LogP contribution in [0.4, 0.5) is 5.69 Å². The Balaban J connectivity index is 2.09. The van der Waals surface area contributed by atoms with Crippen molar-refractivity contribution in [2.24, 2.45) is 11.3 Å². The summed E-state index contributed by atoms with van der Waals surface area (Å²) in [5.41, 5.74) is 2.14. The molecule has 1 saturated carbocycles. The van der Waals surface area contributed by atoms with Gasteiger partial charge in [0.05, 0.1) is 0 Å². The largest absolute Gasteiger partial charge is 0.355 e. The zero-order valence-electron chi connectivity index (χ0n) is 15.5. The lowest BCUT2D eigenvalue weighted by atomic mass is 9.97. The van der Waals surface area contributed by atoms with Crippen LogP contribution >= 0.6 is 0 Å². The zero-order chi connectivity index (χ0) is 17.9. The fraction of sp³-hybridized carbons (Fsp3) is 0.600. The minimum atomic E-state index is -0.868. The van der Waals surface area contributed by atoms with E-state index in [0.29, 0.717) is 31.2 Å². The number of carbonyl (C=O) groups excluding carboxylic acids is 2. The molecule has 4 heteroatoms. The Bertz CT molecular complexity index is 616. The van der Waals surface area contributed by atoms with Gasteiger partial charge < -0.3 is 10.6 Å². The number of amides is 2. The molecule has 0 saturated heterocycles. The minimum absolute atomic E-state index is 0.125. The SMILES string of the molecule is Cc1cccc(C(C)C)c1NC(=O)C1(C(=O)NCCC(C)C)CC1. The van der Waals surface area contributed by atoms with Crippen LogP contribution < -0.4 is 10.6 Å². The predicted octanol–water partition coefficient (Wildman–Crippen LogP) is 4.00. The lowest BCUT2D eigenvalue weighted by Crippen LogP contribution is -2.40. The molecule has 0 heterocycles. The monoisotopic (exact) mass is 330 g/mol. The molecule has 0 spiro atoms. The van der Waals surface area contributed by atoms with Crippen LogP contribution in [0, 0.1) is 18.3 Å². The molecule has 0 bridgehead atoms. The Morgan fingerprint density at radius 3 is 2.33 bits per heavy atom. The third-order valence-electron chi connectivity index (χ3n) is 4.79. The summed E-state index contributed by atoms with van der Waals surface area (Å²) < 4.78 is 0. The van der Waals surface area contributed by atoms with Gasteiger partial charge in [-0.15, -0.1) is 0 Å². The summed E-state index contributed by atoms with van der Waals surface area (Å²) in [7, 11) is 0. The fourth-order valence-electron chi connectivity index (χ4n) is 2.90. The number of anilines is 1. The number of nitrogens with one attached hydrogen (secondary N) is 2. The number of carbonyl (C=O) groups is 2. The number of rotatable bonds is 7. The van der Waals surface area contributed by atoms with E-state index >= 15 is 0 Å². The molecular weight excluding hydrogens is 300 g/mol. The van der Waals surface area contributed by atoms with E-state index in [2.05, 4.69) is 38.3 Å². The van der Waals surface area contributed by atoms with Crippen molar-refractivity contribution in [2.75, 3.05) is 11.9 Å². The molecule has 1 aliphatic rings. The maximum atomic E-state index is 12.8. The Morgan fingerprint density at radius 2 is 1.79 bits per heavy atom. The minimum Gasteiger partial charge on any atom is -0.355 e.